The number of esters is 1. The summed E-state index contributed by atoms with van der Waals surface area (Å²) in [4.78, 5) is 37.0. The van der Waals surface area contributed by atoms with E-state index in [1.54, 1.807) is 61.5 Å². The second-order valence-electron chi connectivity index (χ2n) is 6.20. The normalized spacial score (nSPS) is 11.2. The Hall–Kier alpha value is -3.94. The number of benzene rings is 2. The van der Waals surface area contributed by atoms with Gasteiger partial charge < -0.3 is 4.74 Å². The molecule has 8 nitrogen and oxygen atoms in total. The highest BCUT2D eigenvalue weighted by atomic mass is 16.5. The maximum Gasteiger partial charge on any atom is 0.311 e. The number of carbonyl (C=O) groups is 2. The molecular formula is C21H20N4O4. The summed E-state index contributed by atoms with van der Waals surface area (Å²) in [6.45, 7) is 1.59. The fourth-order valence-corrected chi connectivity index (χ4v) is 2.80. The van der Waals surface area contributed by atoms with Gasteiger partial charge in [-0.1, -0.05) is 36.4 Å². The first-order chi connectivity index (χ1) is 14.0. The lowest BCUT2D eigenvalue weighted by Gasteiger charge is -2.03. The van der Waals surface area contributed by atoms with Crippen LogP contribution >= 0.6 is 0 Å². The molecule has 0 aliphatic heterocycles. The Morgan fingerprint density at radius 2 is 1.69 bits per heavy atom. The predicted octanol–water partition coefficient (Wildman–Crippen LogP) is 2.04. The van der Waals surface area contributed by atoms with E-state index >= 15 is 0 Å². The maximum absolute atomic E-state index is 13.0. The number of carbonyl (C=O) groups excluding carboxylic acids is 2. The Bertz CT molecular complexity index is 1100. The lowest BCUT2D eigenvalue weighted by molar-refractivity contribution is -0.139. The monoisotopic (exact) mass is 392 g/mol. The van der Waals surface area contributed by atoms with E-state index in [1.807, 2.05) is 6.07 Å². The standard InChI is InChI=1S/C21H20N4O4/c1-14(22-23-20(27)15-9-5-3-6-10-15)19-17(13-18(26)29-2)24-25(21(19)28)16-11-7-4-8-12-16/h3-12,24H,13H2,1-2H3,(H,23,27). The predicted molar refractivity (Wildman–Crippen MR) is 108 cm³/mol. The highest BCUT2D eigenvalue weighted by Gasteiger charge is 2.20. The van der Waals surface area contributed by atoms with E-state index in [9.17, 15) is 14.4 Å². The van der Waals surface area contributed by atoms with Crippen molar-refractivity contribution < 1.29 is 14.3 Å². The van der Waals surface area contributed by atoms with Gasteiger partial charge in [-0.25, -0.2) is 10.1 Å². The van der Waals surface area contributed by atoms with E-state index in [-0.39, 0.29) is 23.3 Å². The molecule has 0 fully saturated rings. The number of hydrazone groups is 1. The van der Waals surface area contributed by atoms with Gasteiger partial charge >= 0.3 is 5.97 Å². The molecule has 3 aromatic rings. The Morgan fingerprint density at radius 3 is 2.31 bits per heavy atom. The summed E-state index contributed by atoms with van der Waals surface area (Å²) in [5.74, 6) is -0.910. The Kier molecular flexibility index (Phi) is 6.03. The van der Waals surface area contributed by atoms with Gasteiger partial charge in [0, 0.05) is 5.56 Å². The van der Waals surface area contributed by atoms with Gasteiger partial charge in [0.1, 0.15) is 0 Å². The number of hydrogen-bond donors (Lipinski definition) is 2. The van der Waals surface area contributed by atoms with Crippen LogP contribution in [0.3, 0.4) is 0 Å². The molecule has 0 unspecified atom stereocenters. The molecule has 29 heavy (non-hydrogen) atoms. The average molecular weight is 392 g/mol. The zero-order valence-electron chi connectivity index (χ0n) is 16.0. The Morgan fingerprint density at radius 1 is 1.07 bits per heavy atom. The molecule has 1 aromatic heterocycles. The summed E-state index contributed by atoms with van der Waals surface area (Å²) in [5.41, 5.74) is 3.92. The number of amides is 1. The van der Waals surface area contributed by atoms with E-state index in [1.165, 1.54) is 11.8 Å². The highest BCUT2D eigenvalue weighted by Crippen LogP contribution is 2.10. The smallest absolute Gasteiger partial charge is 0.311 e. The summed E-state index contributed by atoms with van der Waals surface area (Å²) in [5, 5.41) is 7.01. The summed E-state index contributed by atoms with van der Waals surface area (Å²) in [6, 6.07) is 17.5. The molecule has 8 heteroatoms. The third kappa shape index (κ3) is 4.49. The molecule has 0 saturated heterocycles. The van der Waals surface area contributed by atoms with Crippen LogP contribution in [-0.2, 0) is 16.0 Å². The summed E-state index contributed by atoms with van der Waals surface area (Å²) in [7, 11) is 1.27. The number of nitrogens with zero attached hydrogens (tertiary/aromatic N) is 2. The molecule has 0 radical (unpaired) electrons. The maximum atomic E-state index is 13.0. The van der Waals surface area contributed by atoms with E-state index in [0.717, 1.165) is 0 Å². The molecule has 0 bridgehead atoms. The lowest BCUT2D eigenvalue weighted by atomic mass is 10.1. The molecule has 0 saturated carbocycles. The zero-order chi connectivity index (χ0) is 20.8. The topological polar surface area (TPSA) is 106 Å². The number of aromatic amines is 1. The van der Waals surface area contributed by atoms with Gasteiger partial charge in [0.2, 0.25) is 0 Å². The second-order valence-corrected chi connectivity index (χ2v) is 6.20. The minimum Gasteiger partial charge on any atom is -0.469 e. The minimum atomic E-state index is -0.506. The molecule has 1 amide bonds. The van der Waals surface area contributed by atoms with Crippen LogP contribution in [0.5, 0.6) is 0 Å². The number of aromatic nitrogens is 2. The largest absolute Gasteiger partial charge is 0.469 e. The average Bonchev–Trinajstić information content (AvgIpc) is 3.08. The van der Waals surface area contributed by atoms with Crippen LogP contribution in [0.2, 0.25) is 0 Å². The van der Waals surface area contributed by atoms with Gasteiger partial charge in [0.05, 0.1) is 36.2 Å². The van der Waals surface area contributed by atoms with Crippen LogP contribution in [0.1, 0.15) is 28.5 Å². The Labute approximate surface area is 166 Å². The van der Waals surface area contributed by atoms with Crippen LogP contribution in [0, 0.1) is 0 Å². The quantitative estimate of drug-likeness (QED) is 0.380. The summed E-state index contributed by atoms with van der Waals surface area (Å²) in [6.07, 6.45) is -0.138. The fourth-order valence-electron chi connectivity index (χ4n) is 2.80. The first-order valence-electron chi connectivity index (χ1n) is 8.87. The number of rotatable bonds is 6. The second kappa shape index (κ2) is 8.83. The number of para-hydroxylation sites is 1. The molecule has 2 N–H and O–H groups in total. The lowest BCUT2D eigenvalue weighted by Crippen LogP contribution is -2.23. The van der Waals surface area contributed by atoms with Crippen LogP contribution in [0.25, 0.3) is 5.69 Å². The van der Waals surface area contributed by atoms with Crippen molar-refractivity contribution in [3.63, 3.8) is 0 Å². The highest BCUT2D eigenvalue weighted by molar-refractivity contribution is 6.02. The van der Waals surface area contributed by atoms with Gasteiger partial charge in [0.25, 0.3) is 11.5 Å². The van der Waals surface area contributed by atoms with E-state index in [2.05, 4.69) is 15.6 Å². The van der Waals surface area contributed by atoms with Gasteiger partial charge in [0.15, 0.2) is 0 Å². The van der Waals surface area contributed by atoms with E-state index in [4.69, 9.17) is 4.74 Å². The molecule has 3 rings (SSSR count). The van der Waals surface area contributed by atoms with E-state index < -0.39 is 11.9 Å². The van der Waals surface area contributed by atoms with Crippen molar-refractivity contribution in [1.82, 2.24) is 15.2 Å². The third-order valence-electron chi connectivity index (χ3n) is 4.25. The van der Waals surface area contributed by atoms with Crippen LogP contribution in [0.4, 0.5) is 0 Å². The van der Waals surface area contributed by atoms with Gasteiger partial charge in [-0.2, -0.15) is 5.10 Å². The number of H-pyrrole nitrogens is 1. The first kappa shape index (κ1) is 19.8. The summed E-state index contributed by atoms with van der Waals surface area (Å²) >= 11 is 0. The molecule has 0 atom stereocenters. The van der Waals surface area contributed by atoms with Crippen molar-refractivity contribution in [2.45, 2.75) is 13.3 Å². The molecule has 0 aliphatic rings. The molecule has 2 aromatic carbocycles. The number of nitrogens with one attached hydrogen (secondary N) is 2. The number of hydrogen-bond acceptors (Lipinski definition) is 5. The Balaban J connectivity index is 1.97. The van der Waals surface area contributed by atoms with Crippen LogP contribution in [0.15, 0.2) is 70.6 Å². The molecule has 148 valence electrons. The van der Waals surface area contributed by atoms with Crippen molar-refractivity contribution in [2.24, 2.45) is 5.10 Å². The third-order valence-corrected chi connectivity index (χ3v) is 4.25. The van der Waals surface area contributed by atoms with Crippen molar-refractivity contribution in [3.8, 4) is 5.69 Å². The molecular weight excluding hydrogens is 372 g/mol. The molecule has 1 heterocycles. The van der Waals surface area contributed by atoms with E-state index in [0.29, 0.717) is 16.9 Å². The van der Waals surface area contributed by atoms with Crippen LogP contribution in [-0.4, -0.2) is 34.5 Å². The van der Waals surface area contributed by atoms with Gasteiger partial charge in [-0.3, -0.25) is 19.5 Å². The fraction of sp³-hybridized carbons (Fsp3) is 0.143. The van der Waals surface area contributed by atoms with Crippen molar-refractivity contribution in [3.05, 3.63) is 87.8 Å². The van der Waals surface area contributed by atoms with Gasteiger partial charge in [-0.05, 0) is 31.2 Å². The minimum absolute atomic E-state index is 0.138. The molecule has 0 spiro atoms. The SMILES string of the molecule is COC(=O)Cc1[nH]n(-c2ccccc2)c(=O)c1C(C)=NNC(=O)c1ccccc1. The van der Waals surface area contributed by atoms with Crippen molar-refractivity contribution in [2.75, 3.05) is 7.11 Å². The first-order valence-corrected chi connectivity index (χ1v) is 8.87. The number of methoxy groups -OCH3 is 1. The van der Waals surface area contributed by atoms with Crippen LogP contribution < -0.4 is 11.0 Å². The zero-order valence-corrected chi connectivity index (χ0v) is 16.0. The molecule has 0 aliphatic carbocycles. The van der Waals surface area contributed by atoms with Crippen molar-refractivity contribution in [1.29, 1.82) is 0 Å². The number of ether oxygens (including phenoxy) is 1. The van der Waals surface area contributed by atoms with Crippen molar-refractivity contribution >= 4 is 17.6 Å². The summed E-state index contributed by atoms with van der Waals surface area (Å²) < 4.78 is 6.04. The van der Waals surface area contributed by atoms with Gasteiger partial charge in [-0.15, -0.1) is 0 Å².